The van der Waals surface area contributed by atoms with Crippen molar-refractivity contribution in [2.75, 3.05) is 31.5 Å². The van der Waals surface area contributed by atoms with Crippen molar-refractivity contribution in [3.63, 3.8) is 0 Å². The fraction of sp³-hybridized carbons (Fsp3) is 0.333. The van der Waals surface area contributed by atoms with Gasteiger partial charge in [-0.15, -0.1) is 12.4 Å². The third kappa shape index (κ3) is 4.11. The van der Waals surface area contributed by atoms with Crippen LogP contribution in [0, 0.1) is 0 Å². The van der Waals surface area contributed by atoms with Gasteiger partial charge in [-0.2, -0.15) is 0 Å². The van der Waals surface area contributed by atoms with Gasteiger partial charge in [-0.25, -0.2) is 4.79 Å². The van der Waals surface area contributed by atoms with Crippen molar-refractivity contribution in [3.05, 3.63) is 29.8 Å². The minimum Gasteiger partial charge on any atom is -0.351 e. The van der Waals surface area contributed by atoms with E-state index in [1.807, 2.05) is 4.90 Å². The molecule has 0 spiro atoms. The van der Waals surface area contributed by atoms with Gasteiger partial charge >= 0.3 is 6.03 Å². The van der Waals surface area contributed by atoms with Crippen molar-refractivity contribution >= 4 is 30.0 Å². The summed E-state index contributed by atoms with van der Waals surface area (Å²) in [5, 5.41) is 5.65. The molecule has 19 heavy (non-hydrogen) atoms. The van der Waals surface area contributed by atoms with E-state index in [0.717, 1.165) is 26.2 Å². The van der Waals surface area contributed by atoms with Crippen molar-refractivity contribution in [1.29, 1.82) is 0 Å². The van der Waals surface area contributed by atoms with E-state index in [1.54, 1.807) is 24.3 Å². The van der Waals surface area contributed by atoms with E-state index in [9.17, 15) is 9.59 Å². The molecule has 1 aliphatic rings. The molecule has 1 heterocycles. The second kappa shape index (κ2) is 6.96. The summed E-state index contributed by atoms with van der Waals surface area (Å²) in [5.74, 6) is 0.0159. The summed E-state index contributed by atoms with van der Waals surface area (Å²) in [6.07, 6.45) is 0. The van der Waals surface area contributed by atoms with E-state index in [1.165, 1.54) is 0 Å². The van der Waals surface area contributed by atoms with Gasteiger partial charge in [0, 0.05) is 37.4 Å². The molecule has 2 rings (SSSR count). The molecule has 0 atom stereocenters. The van der Waals surface area contributed by atoms with Gasteiger partial charge < -0.3 is 21.3 Å². The molecule has 0 bridgehead atoms. The number of piperazine rings is 1. The van der Waals surface area contributed by atoms with Gasteiger partial charge in [0.2, 0.25) is 0 Å². The second-order valence-corrected chi connectivity index (χ2v) is 4.11. The number of carbonyl (C=O) groups excluding carboxylic acids is 2. The van der Waals surface area contributed by atoms with Crippen LogP contribution in [0.4, 0.5) is 10.5 Å². The molecule has 104 valence electrons. The number of amides is 3. The summed E-state index contributed by atoms with van der Waals surface area (Å²) in [4.78, 5) is 24.6. The van der Waals surface area contributed by atoms with Crippen LogP contribution in [-0.4, -0.2) is 43.0 Å². The molecule has 1 fully saturated rings. The number of nitrogens with one attached hydrogen (secondary N) is 2. The van der Waals surface area contributed by atoms with Crippen LogP contribution in [0.3, 0.4) is 0 Å². The first-order valence-electron chi connectivity index (χ1n) is 5.83. The lowest BCUT2D eigenvalue weighted by molar-refractivity contribution is 0.0736. The Bertz CT molecular complexity index is 444. The Labute approximate surface area is 117 Å². The van der Waals surface area contributed by atoms with Gasteiger partial charge in [0.25, 0.3) is 5.91 Å². The summed E-state index contributed by atoms with van der Waals surface area (Å²) in [6.45, 7) is 3.10. The van der Waals surface area contributed by atoms with Crippen molar-refractivity contribution in [2.24, 2.45) is 5.73 Å². The zero-order chi connectivity index (χ0) is 13.0. The highest BCUT2D eigenvalue weighted by molar-refractivity contribution is 5.95. The van der Waals surface area contributed by atoms with E-state index in [4.69, 9.17) is 5.73 Å². The molecule has 0 radical (unpaired) electrons. The number of rotatable bonds is 2. The monoisotopic (exact) mass is 284 g/mol. The molecule has 1 aliphatic heterocycles. The predicted molar refractivity (Wildman–Crippen MR) is 75.7 cm³/mol. The molecule has 0 unspecified atom stereocenters. The first-order chi connectivity index (χ1) is 8.66. The molecule has 7 heteroatoms. The average Bonchev–Trinajstić information content (AvgIpc) is 2.39. The number of benzene rings is 1. The van der Waals surface area contributed by atoms with Crippen LogP contribution < -0.4 is 16.4 Å². The van der Waals surface area contributed by atoms with Gasteiger partial charge in [-0.05, 0) is 24.3 Å². The van der Waals surface area contributed by atoms with Crippen LogP contribution in [0.2, 0.25) is 0 Å². The molecule has 3 amide bonds. The fourth-order valence-electron chi connectivity index (χ4n) is 1.89. The predicted octanol–water partition coefficient (Wildman–Crippen LogP) is 0.644. The number of primary amides is 1. The van der Waals surface area contributed by atoms with Gasteiger partial charge in [0.15, 0.2) is 0 Å². The Morgan fingerprint density at radius 3 is 2.26 bits per heavy atom. The summed E-state index contributed by atoms with van der Waals surface area (Å²) in [7, 11) is 0. The average molecular weight is 285 g/mol. The van der Waals surface area contributed by atoms with Gasteiger partial charge in [0.1, 0.15) is 0 Å². The van der Waals surface area contributed by atoms with E-state index in [2.05, 4.69) is 10.6 Å². The molecule has 0 saturated carbocycles. The molecule has 1 aromatic rings. The Hall–Kier alpha value is -1.79. The number of hydrogen-bond acceptors (Lipinski definition) is 3. The third-order valence-corrected chi connectivity index (χ3v) is 2.80. The molecule has 0 aliphatic carbocycles. The number of carbonyl (C=O) groups is 2. The first-order valence-corrected chi connectivity index (χ1v) is 5.83. The molecule has 4 N–H and O–H groups in total. The number of anilines is 1. The Balaban J connectivity index is 0.00000180. The summed E-state index contributed by atoms with van der Waals surface area (Å²) >= 11 is 0. The van der Waals surface area contributed by atoms with E-state index < -0.39 is 6.03 Å². The van der Waals surface area contributed by atoms with Crippen LogP contribution in [-0.2, 0) is 0 Å². The zero-order valence-electron chi connectivity index (χ0n) is 10.4. The van der Waals surface area contributed by atoms with Gasteiger partial charge in [0.05, 0.1) is 0 Å². The number of nitrogens with two attached hydrogens (primary N) is 1. The molecule has 1 saturated heterocycles. The first kappa shape index (κ1) is 15.3. The minimum absolute atomic E-state index is 0. The lowest BCUT2D eigenvalue weighted by atomic mass is 10.1. The van der Waals surface area contributed by atoms with Crippen LogP contribution >= 0.6 is 12.4 Å². The van der Waals surface area contributed by atoms with E-state index in [0.29, 0.717) is 11.3 Å². The number of urea groups is 1. The van der Waals surface area contributed by atoms with Crippen molar-refractivity contribution < 1.29 is 9.59 Å². The largest absolute Gasteiger partial charge is 0.351 e. The lowest BCUT2D eigenvalue weighted by Gasteiger charge is -2.27. The SMILES string of the molecule is Cl.NC(=O)Nc1ccc(C(=O)N2CCNCC2)cc1. The highest BCUT2D eigenvalue weighted by Crippen LogP contribution is 2.11. The molecular formula is C12H17ClN4O2. The molecular weight excluding hydrogens is 268 g/mol. The molecule has 0 aromatic heterocycles. The van der Waals surface area contributed by atoms with Gasteiger partial charge in [-0.3, -0.25) is 4.79 Å². The Morgan fingerprint density at radius 1 is 1.16 bits per heavy atom. The van der Waals surface area contributed by atoms with Gasteiger partial charge in [-0.1, -0.05) is 0 Å². The number of nitrogens with zero attached hydrogens (tertiary/aromatic N) is 1. The molecule has 1 aromatic carbocycles. The number of hydrogen-bond donors (Lipinski definition) is 3. The number of halogens is 1. The maximum absolute atomic E-state index is 12.1. The lowest BCUT2D eigenvalue weighted by Crippen LogP contribution is -2.46. The Kier molecular flexibility index (Phi) is 5.59. The quantitative estimate of drug-likeness (QED) is 0.745. The summed E-state index contributed by atoms with van der Waals surface area (Å²) in [5.41, 5.74) is 6.21. The maximum Gasteiger partial charge on any atom is 0.316 e. The normalized spacial score (nSPS) is 14.4. The third-order valence-electron chi connectivity index (χ3n) is 2.80. The summed E-state index contributed by atoms with van der Waals surface area (Å²) < 4.78 is 0. The molecule has 6 nitrogen and oxygen atoms in total. The van der Waals surface area contributed by atoms with Crippen molar-refractivity contribution in [3.8, 4) is 0 Å². The van der Waals surface area contributed by atoms with E-state index >= 15 is 0 Å². The Morgan fingerprint density at radius 2 is 1.74 bits per heavy atom. The standard InChI is InChI=1S/C12H16N4O2.ClH/c13-12(18)15-10-3-1-9(2-4-10)11(17)16-7-5-14-6-8-16;/h1-4,14H,5-8H2,(H3,13,15,18);1H. The smallest absolute Gasteiger partial charge is 0.316 e. The highest BCUT2D eigenvalue weighted by Gasteiger charge is 2.17. The highest BCUT2D eigenvalue weighted by atomic mass is 35.5. The maximum atomic E-state index is 12.1. The minimum atomic E-state index is -0.615. The summed E-state index contributed by atoms with van der Waals surface area (Å²) in [6, 6.07) is 6.10. The topological polar surface area (TPSA) is 87.5 Å². The van der Waals surface area contributed by atoms with Crippen LogP contribution in [0.25, 0.3) is 0 Å². The van der Waals surface area contributed by atoms with E-state index in [-0.39, 0.29) is 18.3 Å². The fourth-order valence-corrected chi connectivity index (χ4v) is 1.89. The van der Waals surface area contributed by atoms with Crippen molar-refractivity contribution in [1.82, 2.24) is 10.2 Å². The zero-order valence-corrected chi connectivity index (χ0v) is 11.2. The van der Waals surface area contributed by atoms with Crippen molar-refractivity contribution in [2.45, 2.75) is 0 Å². The van der Waals surface area contributed by atoms with Crippen LogP contribution in [0.1, 0.15) is 10.4 Å². The van der Waals surface area contributed by atoms with Crippen LogP contribution in [0.5, 0.6) is 0 Å². The van der Waals surface area contributed by atoms with Crippen LogP contribution in [0.15, 0.2) is 24.3 Å². The second-order valence-electron chi connectivity index (χ2n) is 4.11.